The Labute approximate surface area is 204 Å². The second-order valence-electron chi connectivity index (χ2n) is 8.43. The van der Waals surface area contributed by atoms with Gasteiger partial charge in [-0.3, -0.25) is 0 Å². The van der Waals surface area contributed by atoms with Gasteiger partial charge in [-0.2, -0.15) is 11.1 Å². The van der Waals surface area contributed by atoms with Crippen LogP contribution in [0.25, 0.3) is 21.2 Å². The number of nitrogens with one attached hydrogen (secondary N) is 4. The topological polar surface area (TPSA) is 57.3 Å². The van der Waals surface area contributed by atoms with Crippen molar-refractivity contribution in [3.8, 4) is 28.7 Å². The summed E-state index contributed by atoms with van der Waals surface area (Å²) in [7, 11) is 0. The highest BCUT2D eigenvalue weighted by Crippen LogP contribution is 2.36. The van der Waals surface area contributed by atoms with Crippen LogP contribution < -0.4 is 26.7 Å². The lowest BCUT2D eigenvalue weighted by atomic mass is 9.95. The van der Waals surface area contributed by atoms with Crippen LogP contribution in [0.5, 0.6) is 5.75 Å². The van der Waals surface area contributed by atoms with E-state index in [2.05, 4.69) is 101 Å². The van der Waals surface area contributed by atoms with Crippen molar-refractivity contribution in [3.63, 3.8) is 0 Å². The molecule has 5 nitrogen and oxygen atoms in total. The third kappa shape index (κ3) is 5.00. The molecule has 172 valence electrons. The van der Waals surface area contributed by atoms with Gasteiger partial charge in [-0.15, -0.1) is 17.3 Å². The summed E-state index contributed by atoms with van der Waals surface area (Å²) >= 11 is 1.79. The van der Waals surface area contributed by atoms with Crippen molar-refractivity contribution >= 4 is 21.4 Å². The number of fused-ring (bicyclic) bond motifs is 1. The fourth-order valence-corrected chi connectivity index (χ4v) is 5.24. The summed E-state index contributed by atoms with van der Waals surface area (Å²) in [5, 5.41) is 3.55. The van der Waals surface area contributed by atoms with Gasteiger partial charge in [-0.1, -0.05) is 48.4 Å². The first-order valence-electron chi connectivity index (χ1n) is 11.4. The molecule has 0 radical (unpaired) electrons. The van der Waals surface area contributed by atoms with Crippen molar-refractivity contribution in [3.05, 3.63) is 88.8 Å². The standard InChI is InChI=1S/C28H28N4OS/c1-3-6-22(16-28-29-31-32-30-28)21-10-12-23(13-11-21)33-17-20-9-14-27-25(15-20)26(18-34-27)24-8-5-4-7-19(24)2/h4-5,7-15,18,22,28-32H,16-17H2,1-2H3. The molecule has 0 aliphatic carbocycles. The minimum absolute atomic E-state index is 0.110. The minimum Gasteiger partial charge on any atom is -0.489 e. The van der Waals surface area contributed by atoms with Crippen molar-refractivity contribution in [2.75, 3.05) is 0 Å². The smallest absolute Gasteiger partial charge is 0.119 e. The van der Waals surface area contributed by atoms with Crippen molar-refractivity contribution < 1.29 is 4.74 Å². The molecule has 1 fully saturated rings. The van der Waals surface area contributed by atoms with Gasteiger partial charge < -0.3 is 4.74 Å². The molecule has 1 saturated heterocycles. The van der Waals surface area contributed by atoms with Gasteiger partial charge in [0, 0.05) is 21.6 Å². The van der Waals surface area contributed by atoms with Crippen LogP contribution >= 0.6 is 11.3 Å². The van der Waals surface area contributed by atoms with Gasteiger partial charge in [0.05, 0.1) is 6.17 Å². The lowest BCUT2D eigenvalue weighted by Gasteiger charge is -2.16. The Balaban J connectivity index is 1.29. The number of hydrazine groups is 3. The minimum atomic E-state index is 0.110. The van der Waals surface area contributed by atoms with E-state index in [4.69, 9.17) is 4.74 Å². The largest absolute Gasteiger partial charge is 0.489 e. The van der Waals surface area contributed by atoms with E-state index in [1.165, 1.54) is 32.3 Å². The lowest BCUT2D eigenvalue weighted by molar-refractivity contribution is 0.306. The summed E-state index contributed by atoms with van der Waals surface area (Å²) in [5.41, 5.74) is 18.2. The van der Waals surface area contributed by atoms with Gasteiger partial charge in [0.1, 0.15) is 12.4 Å². The first-order valence-corrected chi connectivity index (χ1v) is 12.3. The molecule has 1 aliphatic heterocycles. The average molecular weight is 469 g/mol. The Morgan fingerprint density at radius 2 is 1.76 bits per heavy atom. The van der Waals surface area contributed by atoms with Gasteiger partial charge in [0.2, 0.25) is 0 Å². The zero-order valence-corrected chi connectivity index (χ0v) is 20.1. The fraction of sp³-hybridized carbons (Fsp3) is 0.214. The highest BCUT2D eigenvalue weighted by Gasteiger charge is 2.19. The first-order chi connectivity index (χ1) is 16.7. The highest BCUT2D eigenvalue weighted by atomic mass is 32.1. The molecule has 4 aromatic rings. The van der Waals surface area contributed by atoms with Gasteiger partial charge in [-0.25, -0.2) is 10.9 Å². The van der Waals surface area contributed by atoms with Crippen LogP contribution in [-0.4, -0.2) is 6.17 Å². The summed E-state index contributed by atoms with van der Waals surface area (Å²) < 4.78 is 7.43. The molecule has 4 N–H and O–H groups in total. The molecule has 1 aromatic heterocycles. The number of hydrogen-bond donors (Lipinski definition) is 4. The molecule has 1 unspecified atom stereocenters. The van der Waals surface area contributed by atoms with E-state index in [1.54, 1.807) is 11.3 Å². The molecule has 5 rings (SSSR count). The van der Waals surface area contributed by atoms with Crippen LogP contribution in [0, 0.1) is 18.8 Å². The number of rotatable bonds is 7. The zero-order valence-electron chi connectivity index (χ0n) is 19.3. The molecular weight excluding hydrogens is 440 g/mol. The Bertz CT molecular complexity index is 1330. The lowest BCUT2D eigenvalue weighted by Crippen LogP contribution is -2.35. The van der Waals surface area contributed by atoms with Crippen molar-refractivity contribution in [1.29, 1.82) is 0 Å². The SMILES string of the molecule is CC#CC(CC1NNNN1)c1ccc(OCc2ccc3scc(-c4ccccc4C)c3c2)cc1. The molecule has 3 aromatic carbocycles. The average Bonchev–Trinajstić information content (AvgIpc) is 3.53. The maximum absolute atomic E-state index is 6.14. The maximum atomic E-state index is 6.14. The first kappa shape index (κ1) is 22.6. The number of hydrogen-bond acceptors (Lipinski definition) is 6. The zero-order chi connectivity index (χ0) is 23.3. The fourth-order valence-electron chi connectivity index (χ4n) is 4.30. The summed E-state index contributed by atoms with van der Waals surface area (Å²) in [6.45, 7) is 4.58. The highest BCUT2D eigenvalue weighted by molar-refractivity contribution is 7.17. The second kappa shape index (κ2) is 10.4. The number of ether oxygens (including phenoxy) is 1. The monoisotopic (exact) mass is 468 g/mol. The third-order valence-electron chi connectivity index (χ3n) is 6.11. The number of aryl methyl sites for hydroxylation is 1. The van der Waals surface area contributed by atoms with Crippen molar-refractivity contribution in [1.82, 2.24) is 21.9 Å². The molecule has 1 atom stereocenters. The normalized spacial score (nSPS) is 14.6. The molecular formula is C28H28N4OS. The number of thiophene rings is 1. The van der Waals surface area contributed by atoms with Crippen molar-refractivity contribution in [2.45, 2.75) is 39.0 Å². The molecule has 1 aliphatic rings. The van der Waals surface area contributed by atoms with Crippen LogP contribution in [0.1, 0.15) is 36.0 Å². The maximum Gasteiger partial charge on any atom is 0.119 e. The number of benzene rings is 3. The Hall–Kier alpha value is -3.18. The predicted octanol–water partition coefficient (Wildman–Crippen LogP) is 5.40. The Kier molecular flexibility index (Phi) is 6.91. The van der Waals surface area contributed by atoms with Crippen LogP contribution in [0.15, 0.2) is 72.1 Å². The van der Waals surface area contributed by atoms with Gasteiger partial charge in [0.15, 0.2) is 0 Å². The summed E-state index contributed by atoms with van der Waals surface area (Å²) in [6.07, 6.45) is 0.948. The van der Waals surface area contributed by atoms with E-state index in [9.17, 15) is 0 Å². The van der Waals surface area contributed by atoms with Gasteiger partial charge >= 0.3 is 0 Å². The molecule has 34 heavy (non-hydrogen) atoms. The van der Waals surface area contributed by atoms with Crippen LogP contribution in [0.3, 0.4) is 0 Å². The van der Waals surface area contributed by atoms with E-state index in [-0.39, 0.29) is 12.1 Å². The Morgan fingerprint density at radius 1 is 0.971 bits per heavy atom. The summed E-state index contributed by atoms with van der Waals surface area (Å²) in [4.78, 5) is 0. The quantitative estimate of drug-likeness (QED) is 0.274. The van der Waals surface area contributed by atoms with E-state index in [0.29, 0.717) is 6.61 Å². The molecule has 6 heteroatoms. The van der Waals surface area contributed by atoms with E-state index in [0.717, 1.165) is 17.7 Å². The van der Waals surface area contributed by atoms with Crippen molar-refractivity contribution in [2.24, 2.45) is 0 Å². The Morgan fingerprint density at radius 3 is 2.53 bits per heavy atom. The third-order valence-corrected chi connectivity index (χ3v) is 7.07. The van der Waals surface area contributed by atoms with E-state index < -0.39 is 0 Å². The predicted molar refractivity (Wildman–Crippen MR) is 140 cm³/mol. The molecule has 0 saturated carbocycles. The molecule has 0 bridgehead atoms. The molecule has 2 heterocycles. The molecule has 0 spiro atoms. The van der Waals surface area contributed by atoms with Crippen LogP contribution in [0.2, 0.25) is 0 Å². The summed E-state index contributed by atoms with van der Waals surface area (Å²) in [5.74, 6) is 7.36. The second-order valence-corrected chi connectivity index (χ2v) is 9.34. The van der Waals surface area contributed by atoms with Gasteiger partial charge in [-0.05, 0) is 72.2 Å². The van der Waals surface area contributed by atoms with E-state index in [1.807, 2.05) is 19.1 Å². The molecule has 0 amide bonds. The van der Waals surface area contributed by atoms with E-state index >= 15 is 0 Å². The van der Waals surface area contributed by atoms with Gasteiger partial charge in [0.25, 0.3) is 0 Å². The van der Waals surface area contributed by atoms with Crippen LogP contribution in [-0.2, 0) is 6.61 Å². The van der Waals surface area contributed by atoms with Crippen LogP contribution in [0.4, 0.5) is 0 Å². The summed E-state index contributed by atoms with van der Waals surface area (Å²) in [6, 6.07) is 23.5.